The Morgan fingerprint density at radius 3 is 2.80 bits per heavy atom. The van der Waals surface area contributed by atoms with Gasteiger partial charge in [0.2, 0.25) is 0 Å². The third kappa shape index (κ3) is 6.49. The molecule has 186 valence electrons. The number of aromatic nitrogens is 2. The van der Waals surface area contributed by atoms with Gasteiger partial charge < -0.3 is 15.2 Å². The van der Waals surface area contributed by atoms with Gasteiger partial charge in [-0.3, -0.25) is 9.48 Å². The molecule has 2 heterocycles. The molecule has 0 fully saturated rings. The maximum Gasteiger partial charge on any atom is 0.391 e. The lowest BCUT2D eigenvalue weighted by Gasteiger charge is -2.18. The van der Waals surface area contributed by atoms with Gasteiger partial charge in [0, 0.05) is 35.9 Å². The SMILES string of the molecule is C=NN1C=CC=N/C1=C(/C)C(=O)Nc1cn(C[C@H](O)CC(F)(F)F)nc1-c1cc(Cl)ccc1OC. The van der Waals surface area contributed by atoms with E-state index in [4.69, 9.17) is 16.3 Å². The number of methoxy groups -OCH3 is 1. The third-order valence-corrected chi connectivity index (χ3v) is 5.08. The van der Waals surface area contributed by atoms with Crippen LogP contribution in [0.15, 0.2) is 58.2 Å². The quantitative estimate of drug-likeness (QED) is 0.409. The molecule has 0 radical (unpaired) electrons. The number of allylic oxidation sites excluding steroid dienone is 1. The summed E-state index contributed by atoms with van der Waals surface area (Å²) in [5.74, 6) is 0.0266. The number of rotatable bonds is 8. The molecule has 0 spiro atoms. The van der Waals surface area contributed by atoms with Crippen LogP contribution in [-0.4, -0.2) is 58.1 Å². The van der Waals surface area contributed by atoms with Crippen LogP contribution >= 0.6 is 11.6 Å². The number of amides is 1. The summed E-state index contributed by atoms with van der Waals surface area (Å²) < 4.78 is 44.5. The van der Waals surface area contributed by atoms with E-state index in [2.05, 4.69) is 27.2 Å². The van der Waals surface area contributed by atoms with Gasteiger partial charge in [0.15, 0.2) is 5.82 Å². The Kier molecular flexibility index (Phi) is 7.97. The first-order valence-corrected chi connectivity index (χ1v) is 10.5. The highest BCUT2D eigenvalue weighted by Crippen LogP contribution is 2.36. The molecule has 1 aromatic carbocycles. The number of nitrogens with one attached hydrogen (secondary N) is 1. The van der Waals surface area contributed by atoms with Crippen LogP contribution in [0.4, 0.5) is 18.9 Å². The Hall–Kier alpha value is -3.64. The largest absolute Gasteiger partial charge is 0.496 e. The van der Waals surface area contributed by atoms with Crippen molar-refractivity contribution in [2.45, 2.75) is 32.2 Å². The Bertz CT molecular complexity index is 1210. The molecule has 2 N–H and O–H groups in total. The second-order valence-corrected chi connectivity index (χ2v) is 7.88. The minimum atomic E-state index is -4.55. The topological polar surface area (TPSA) is 104 Å². The fourth-order valence-electron chi connectivity index (χ4n) is 3.28. The molecule has 0 aliphatic carbocycles. The van der Waals surface area contributed by atoms with E-state index in [0.29, 0.717) is 16.3 Å². The van der Waals surface area contributed by atoms with Gasteiger partial charge in [0.05, 0.1) is 37.4 Å². The van der Waals surface area contributed by atoms with Crippen LogP contribution in [0.25, 0.3) is 11.3 Å². The Morgan fingerprint density at radius 1 is 1.40 bits per heavy atom. The number of aliphatic imine (C=N–C) groups is 1. The average Bonchev–Trinajstić information content (AvgIpc) is 3.18. The number of hydrogen-bond donors (Lipinski definition) is 2. The number of alkyl halides is 3. The molecule has 0 bridgehead atoms. The van der Waals surface area contributed by atoms with Crippen LogP contribution in [0, 0.1) is 0 Å². The lowest BCUT2D eigenvalue weighted by Crippen LogP contribution is -2.24. The van der Waals surface area contributed by atoms with Gasteiger partial charge in [-0.15, -0.1) is 0 Å². The number of aliphatic hydroxyl groups is 1. The van der Waals surface area contributed by atoms with Crippen molar-refractivity contribution in [1.82, 2.24) is 14.8 Å². The number of hydrogen-bond acceptors (Lipinski definition) is 7. The van der Waals surface area contributed by atoms with Crippen LogP contribution in [0.3, 0.4) is 0 Å². The number of aliphatic hydroxyl groups excluding tert-OH is 1. The Balaban J connectivity index is 2.00. The first-order valence-electron chi connectivity index (χ1n) is 10.2. The second-order valence-electron chi connectivity index (χ2n) is 7.44. The summed E-state index contributed by atoms with van der Waals surface area (Å²) in [5.41, 5.74) is 0.910. The highest BCUT2D eigenvalue weighted by molar-refractivity contribution is 6.31. The van der Waals surface area contributed by atoms with Gasteiger partial charge in [0.25, 0.3) is 5.91 Å². The molecule has 2 aromatic rings. The smallest absolute Gasteiger partial charge is 0.391 e. The number of hydrazone groups is 1. The number of benzene rings is 1. The van der Waals surface area contributed by atoms with Crippen LogP contribution in [-0.2, 0) is 11.3 Å². The van der Waals surface area contributed by atoms with E-state index in [1.54, 1.807) is 30.5 Å². The first kappa shape index (κ1) is 26.0. The summed E-state index contributed by atoms with van der Waals surface area (Å²) in [5, 5.41) is 22.3. The molecule has 35 heavy (non-hydrogen) atoms. The molecule has 0 saturated carbocycles. The Labute approximate surface area is 203 Å². The predicted octanol–water partition coefficient (Wildman–Crippen LogP) is 4.21. The zero-order valence-electron chi connectivity index (χ0n) is 18.8. The Morgan fingerprint density at radius 2 is 2.14 bits per heavy atom. The molecule has 3 rings (SSSR count). The maximum absolute atomic E-state index is 13.0. The molecule has 1 atom stereocenters. The number of carbonyl (C=O) groups is 1. The van der Waals surface area contributed by atoms with E-state index in [9.17, 15) is 23.1 Å². The van der Waals surface area contributed by atoms with E-state index in [1.165, 1.54) is 31.5 Å². The molecule has 0 saturated heterocycles. The number of anilines is 1. The molecule has 13 heteroatoms. The summed E-state index contributed by atoms with van der Waals surface area (Å²) in [4.78, 5) is 17.2. The summed E-state index contributed by atoms with van der Waals surface area (Å²) in [6.45, 7) is 4.50. The van der Waals surface area contributed by atoms with Crippen LogP contribution in [0.2, 0.25) is 5.02 Å². The fraction of sp³-hybridized carbons (Fsp3) is 0.273. The van der Waals surface area contributed by atoms with Crippen LogP contribution in [0.5, 0.6) is 5.75 Å². The molecule has 1 aromatic heterocycles. The average molecular weight is 511 g/mol. The minimum Gasteiger partial charge on any atom is -0.496 e. The van der Waals surface area contributed by atoms with Gasteiger partial charge in [-0.25, -0.2) is 10.0 Å². The minimum absolute atomic E-state index is 0.156. The molecule has 1 amide bonds. The number of nitrogens with zero attached hydrogens (tertiary/aromatic N) is 5. The van der Waals surface area contributed by atoms with Crippen LogP contribution in [0.1, 0.15) is 13.3 Å². The van der Waals surface area contributed by atoms with Crippen molar-refractivity contribution in [2.75, 3.05) is 12.4 Å². The van der Waals surface area contributed by atoms with Gasteiger partial charge in [-0.1, -0.05) is 11.6 Å². The highest BCUT2D eigenvalue weighted by Gasteiger charge is 2.31. The molecule has 1 aliphatic rings. The van der Waals surface area contributed by atoms with Gasteiger partial charge >= 0.3 is 6.18 Å². The summed E-state index contributed by atoms with van der Waals surface area (Å²) in [6, 6.07) is 4.72. The number of halogens is 4. The fourth-order valence-corrected chi connectivity index (χ4v) is 3.45. The van der Waals surface area contributed by atoms with Crippen molar-refractivity contribution in [3.05, 3.63) is 53.1 Å². The third-order valence-electron chi connectivity index (χ3n) is 4.85. The lowest BCUT2D eigenvalue weighted by atomic mass is 10.1. The van der Waals surface area contributed by atoms with Gasteiger partial charge in [0.1, 0.15) is 11.4 Å². The second kappa shape index (κ2) is 10.7. The van der Waals surface area contributed by atoms with Crippen molar-refractivity contribution in [1.29, 1.82) is 0 Å². The highest BCUT2D eigenvalue weighted by atomic mass is 35.5. The van der Waals surface area contributed by atoms with E-state index in [1.807, 2.05) is 0 Å². The zero-order valence-corrected chi connectivity index (χ0v) is 19.5. The van der Waals surface area contributed by atoms with Gasteiger partial charge in [-0.2, -0.15) is 23.4 Å². The predicted molar refractivity (Wildman–Crippen MR) is 126 cm³/mol. The molecular formula is C22H22ClF3N6O3. The molecule has 0 unspecified atom stereocenters. The van der Waals surface area contributed by atoms with E-state index >= 15 is 0 Å². The van der Waals surface area contributed by atoms with Gasteiger partial charge in [-0.05, 0) is 31.2 Å². The van der Waals surface area contributed by atoms with Crippen molar-refractivity contribution in [2.24, 2.45) is 10.1 Å². The van der Waals surface area contributed by atoms with Crippen molar-refractivity contribution < 1.29 is 27.8 Å². The van der Waals surface area contributed by atoms with E-state index in [0.717, 1.165) is 4.68 Å². The zero-order chi connectivity index (χ0) is 25.8. The van der Waals surface area contributed by atoms with E-state index in [-0.39, 0.29) is 22.8 Å². The standard InChI is InChI=1S/C22H22ClF3N6O3/c1-13(20-28-7-4-8-32(20)27-2)21(34)29-17-12-31(11-15(33)10-22(24,25)26)30-19(17)16-9-14(23)5-6-18(16)35-3/h4-9,12,15,33H,2,10-11H2,1,3H3,(H,29,34)/b20-13+/t15-/m1/s1. The normalized spacial score (nSPS) is 15.7. The summed E-state index contributed by atoms with van der Waals surface area (Å²) in [7, 11) is 1.43. The van der Waals surface area contributed by atoms with Crippen molar-refractivity contribution in [3.8, 4) is 17.0 Å². The maximum atomic E-state index is 13.0. The summed E-state index contributed by atoms with van der Waals surface area (Å²) in [6.07, 6.45) is -1.73. The molecular weight excluding hydrogens is 489 g/mol. The van der Waals surface area contributed by atoms with Crippen molar-refractivity contribution in [3.63, 3.8) is 0 Å². The molecule has 1 aliphatic heterocycles. The number of carbonyl (C=O) groups excluding carboxylic acids is 1. The lowest BCUT2D eigenvalue weighted by molar-refractivity contribution is -0.154. The number of ether oxygens (including phenoxy) is 1. The monoisotopic (exact) mass is 510 g/mol. The molecule has 9 nitrogen and oxygen atoms in total. The summed E-state index contributed by atoms with van der Waals surface area (Å²) >= 11 is 6.14. The van der Waals surface area contributed by atoms with Crippen LogP contribution < -0.4 is 10.1 Å². The van der Waals surface area contributed by atoms with Crippen molar-refractivity contribution >= 4 is 36.1 Å². The first-order chi connectivity index (χ1) is 16.5. The van der Waals surface area contributed by atoms with E-state index < -0.39 is 31.2 Å².